The highest BCUT2D eigenvalue weighted by Gasteiger charge is 2.39. The van der Waals surface area contributed by atoms with Crippen molar-refractivity contribution in [1.82, 2.24) is 5.32 Å². The Hall–Kier alpha value is -2.07. The Morgan fingerprint density at radius 2 is 1.86 bits per heavy atom. The standard InChI is InChI=1S/C17H16ClFN2O/c18-14-11-13(7-8-15(14)19)20-16(22)21-17(9-4-10-17)12-5-2-1-3-6-12/h1-3,5-8,11H,4,9-10H2,(H2,20,21,22). The van der Waals surface area contributed by atoms with Gasteiger partial charge in [-0.05, 0) is 43.0 Å². The highest BCUT2D eigenvalue weighted by molar-refractivity contribution is 6.31. The lowest BCUT2D eigenvalue weighted by Crippen LogP contribution is -2.52. The molecule has 1 saturated carbocycles. The van der Waals surface area contributed by atoms with Crippen LogP contribution in [-0.2, 0) is 5.54 Å². The van der Waals surface area contributed by atoms with Gasteiger partial charge in [-0.2, -0.15) is 0 Å². The van der Waals surface area contributed by atoms with Gasteiger partial charge < -0.3 is 10.6 Å². The number of carbonyl (C=O) groups is 1. The minimum absolute atomic E-state index is 0.0146. The van der Waals surface area contributed by atoms with Gasteiger partial charge in [0, 0.05) is 5.69 Å². The van der Waals surface area contributed by atoms with Crippen molar-refractivity contribution < 1.29 is 9.18 Å². The first kappa shape index (κ1) is 14.9. The van der Waals surface area contributed by atoms with Crippen molar-refractivity contribution in [2.24, 2.45) is 0 Å². The molecule has 22 heavy (non-hydrogen) atoms. The Labute approximate surface area is 133 Å². The van der Waals surface area contributed by atoms with Gasteiger partial charge in [-0.25, -0.2) is 9.18 Å². The van der Waals surface area contributed by atoms with Gasteiger partial charge in [-0.15, -0.1) is 0 Å². The maximum atomic E-state index is 13.1. The average molecular weight is 319 g/mol. The predicted octanol–water partition coefficient (Wildman–Crippen LogP) is 4.68. The van der Waals surface area contributed by atoms with Crippen LogP contribution in [0.5, 0.6) is 0 Å². The summed E-state index contributed by atoms with van der Waals surface area (Å²) in [5.41, 5.74) is 1.26. The molecule has 0 atom stereocenters. The fraction of sp³-hybridized carbons (Fsp3) is 0.235. The van der Waals surface area contributed by atoms with Crippen molar-refractivity contribution in [3.63, 3.8) is 0 Å². The molecule has 0 spiro atoms. The largest absolute Gasteiger partial charge is 0.328 e. The summed E-state index contributed by atoms with van der Waals surface area (Å²) in [6.45, 7) is 0. The van der Waals surface area contributed by atoms with Crippen molar-refractivity contribution >= 4 is 23.3 Å². The number of halogens is 2. The van der Waals surface area contributed by atoms with Gasteiger partial charge >= 0.3 is 6.03 Å². The summed E-state index contributed by atoms with van der Waals surface area (Å²) in [7, 11) is 0. The van der Waals surface area contributed by atoms with Gasteiger partial charge in [0.25, 0.3) is 0 Å². The number of carbonyl (C=O) groups excluding carboxylic acids is 1. The highest BCUT2D eigenvalue weighted by atomic mass is 35.5. The first-order valence-electron chi connectivity index (χ1n) is 7.19. The Morgan fingerprint density at radius 1 is 1.14 bits per heavy atom. The number of benzene rings is 2. The third-order valence-corrected chi connectivity index (χ3v) is 4.35. The van der Waals surface area contributed by atoms with Gasteiger partial charge in [-0.1, -0.05) is 41.9 Å². The van der Waals surface area contributed by atoms with Crippen LogP contribution in [-0.4, -0.2) is 6.03 Å². The molecular weight excluding hydrogens is 303 g/mol. The predicted molar refractivity (Wildman–Crippen MR) is 85.5 cm³/mol. The Morgan fingerprint density at radius 3 is 2.45 bits per heavy atom. The zero-order valence-corrected chi connectivity index (χ0v) is 12.7. The van der Waals surface area contributed by atoms with Crippen molar-refractivity contribution in [3.8, 4) is 0 Å². The summed E-state index contributed by atoms with van der Waals surface area (Å²) in [6.07, 6.45) is 2.90. The molecule has 1 aliphatic carbocycles. The lowest BCUT2D eigenvalue weighted by Gasteiger charge is -2.43. The molecule has 0 bridgehead atoms. The van der Waals surface area contributed by atoms with E-state index in [4.69, 9.17) is 11.6 Å². The van der Waals surface area contributed by atoms with Crippen molar-refractivity contribution in [2.45, 2.75) is 24.8 Å². The maximum absolute atomic E-state index is 13.1. The fourth-order valence-electron chi connectivity index (χ4n) is 2.73. The first-order chi connectivity index (χ1) is 10.6. The molecule has 2 aromatic carbocycles. The summed E-state index contributed by atoms with van der Waals surface area (Å²) < 4.78 is 13.1. The topological polar surface area (TPSA) is 41.1 Å². The molecule has 0 saturated heterocycles. The lowest BCUT2D eigenvalue weighted by atomic mass is 9.72. The van der Waals surface area contributed by atoms with Crippen LogP contribution in [0.15, 0.2) is 48.5 Å². The summed E-state index contributed by atoms with van der Waals surface area (Å²) in [6, 6.07) is 13.7. The smallest absolute Gasteiger partial charge is 0.319 e. The van der Waals surface area contributed by atoms with E-state index in [-0.39, 0.29) is 16.6 Å². The summed E-state index contributed by atoms with van der Waals surface area (Å²) in [5, 5.41) is 5.73. The molecule has 3 rings (SSSR count). The van der Waals surface area contributed by atoms with Crippen LogP contribution in [0.3, 0.4) is 0 Å². The van der Waals surface area contributed by atoms with Crippen LogP contribution in [0.25, 0.3) is 0 Å². The maximum Gasteiger partial charge on any atom is 0.319 e. The second kappa shape index (κ2) is 5.97. The Bertz CT molecular complexity index is 686. The van der Waals surface area contributed by atoms with E-state index in [1.54, 1.807) is 0 Å². The second-order valence-electron chi connectivity index (χ2n) is 5.51. The summed E-state index contributed by atoms with van der Waals surface area (Å²) in [4.78, 5) is 12.2. The molecule has 0 aliphatic heterocycles. The fourth-order valence-corrected chi connectivity index (χ4v) is 2.91. The summed E-state index contributed by atoms with van der Waals surface area (Å²) in [5.74, 6) is -0.507. The molecule has 0 aromatic heterocycles. The molecule has 0 heterocycles. The molecule has 2 aromatic rings. The van der Waals surface area contributed by atoms with Gasteiger partial charge in [0.1, 0.15) is 5.82 Å². The van der Waals surface area contributed by atoms with Crippen molar-refractivity contribution in [1.29, 1.82) is 0 Å². The lowest BCUT2D eigenvalue weighted by molar-refractivity contribution is 0.185. The van der Waals surface area contributed by atoms with Crippen molar-refractivity contribution in [3.05, 3.63) is 64.9 Å². The van der Waals surface area contributed by atoms with Crippen LogP contribution >= 0.6 is 11.6 Å². The average Bonchev–Trinajstić information content (AvgIpc) is 2.48. The molecule has 1 fully saturated rings. The second-order valence-corrected chi connectivity index (χ2v) is 5.92. The number of amides is 2. The Kier molecular flexibility index (Phi) is 4.03. The number of hydrogen-bond acceptors (Lipinski definition) is 1. The van der Waals surface area contributed by atoms with E-state index in [0.717, 1.165) is 24.8 Å². The van der Waals surface area contributed by atoms with Gasteiger partial charge in [0.15, 0.2) is 0 Å². The number of urea groups is 1. The number of nitrogens with one attached hydrogen (secondary N) is 2. The monoisotopic (exact) mass is 318 g/mol. The molecule has 0 radical (unpaired) electrons. The van der Waals surface area contributed by atoms with Crippen LogP contribution in [0.2, 0.25) is 5.02 Å². The minimum Gasteiger partial charge on any atom is -0.328 e. The zero-order chi connectivity index (χ0) is 15.6. The molecule has 1 aliphatic rings. The van der Waals surface area contributed by atoms with Gasteiger partial charge in [0.05, 0.1) is 10.6 Å². The van der Waals surface area contributed by atoms with E-state index in [1.807, 2.05) is 30.3 Å². The van der Waals surface area contributed by atoms with Crippen LogP contribution < -0.4 is 10.6 Å². The van der Waals surface area contributed by atoms with Crippen LogP contribution in [0.4, 0.5) is 14.9 Å². The zero-order valence-electron chi connectivity index (χ0n) is 11.9. The third-order valence-electron chi connectivity index (χ3n) is 4.06. The van der Waals surface area contributed by atoms with Gasteiger partial charge in [0.2, 0.25) is 0 Å². The quantitative estimate of drug-likeness (QED) is 0.847. The molecule has 5 heteroatoms. The molecule has 114 valence electrons. The minimum atomic E-state index is -0.507. The molecule has 0 unspecified atom stereocenters. The first-order valence-corrected chi connectivity index (χ1v) is 7.57. The highest BCUT2D eigenvalue weighted by Crippen LogP contribution is 2.41. The van der Waals surface area contributed by atoms with E-state index < -0.39 is 5.82 Å². The normalized spacial score (nSPS) is 15.7. The Balaban J connectivity index is 1.71. The summed E-state index contributed by atoms with van der Waals surface area (Å²) >= 11 is 5.72. The van der Waals surface area contributed by atoms with Crippen LogP contribution in [0.1, 0.15) is 24.8 Å². The molecule has 2 amide bonds. The third kappa shape index (κ3) is 2.92. The van der Waals surface area contributed by atoms with Crippen LogP contribution in [0, 0.1) is 5.82 Å². The number of rotatable bonds is 3. The van der Waals surface area contributed by atoms with Crippen molar-refractivity contribution in [2.75, 3.05) is 5.32 Å². The molecular formula is C17H16ClFN2O. The van der Waals surface area contributed by atoms with Gasteiger partial charge in [-0.3, -0.25) is 0 Å². The SMILES string of the molecule is O=C(Nc1ccc(F)c(Cl)c1)NC1(c2ccccc2)CCC1. The number of hydrogen-bond donors (Lipinski definition) is 2. The number of anilines is 1. The van der Waals surface area contributed by atoms with E-state index >= 15 is 0 Å². The van der Waals surface area contributed by atoms with E-state index in [9.17, 15) is 9.18 Å². The van der Waals surface area contributed by atoms with E-state index in [0.29, 0.717) is 5.69 Å². The van der Waals surface area contributed by atoms with E-state index in [2.05, 4.69) is 10.6 Å². The molecule has 2 N–H and O–H groups in total. The molecule has 3 nitrogen and oxygen atoms in total. The van der Waals surface area contributed by atoms with E-state index in [1.165, 1.54) is 18.2 Å².